The average Bonchev–Trinajstić information content (AvgIpc) is 3.58. The first-order chi connectivity index (χ1) is 21.7. The lowest BCUT2D eigenvalue weighted by Gasteiger charge is -2.37. The van der Waals surface area contributed by atoms with Gasteiger partial charge in [0.05, 0.1) is 11.0 Å². The molecule has 4 N–H and O–H groups in total. The van der Waals surface area contributed by atoms with Crippen molar-refractivity contribution in [3.8, 4) is 11.9 Å². The SMILES string of the molecule is C[C@H](Oc1cc(N2CCN(C(=O)OC(C)(C)C)CC2)cc(C(=N)NC(=O)[C@@]2(C)CCCc3sc(N)c(C#N)c32)n1)[C@@H]1CCCN1C. The van der Waals surface area contributed by atoms with E-state index in [-0.39, 0.29) is 35.7 Å². The summed E-state index contributed by atoms with van der Waals surface area (Å²) in [6.07, 6.45) is 3.76. The van der Waals surface area contributed by atoms with Crippen LogP contribution in [-0.4, -0.2) is 90.1 Å². The van der Waals surface area contributed by atoms with E-state index in [9.17, 15) is 14.9 Å². The highest BCUT2D eigenvalue weighted by Gasteiger charge is 2.43. The van der Waals surface area contributed by atoms with Gasteiger partial charge in [0.25, 0.3) is 0 Å². The van der Waals surface area contributed by atoms with Crippen molar-refractivity contribution >= 4 is 39.9 Å². The molecule has 0 radical (unpaired) electrons. The molecule has 2 saturated heterocycles. The molecule has 12 nitrogen and oxygen atoms in total. The third-order valence-electron chi connectivity index (χ3n) is 9.26. The second kappa shape index (κ2) is 13.1. The summed E-state index contributed by atoms with van der Waals surface area (Å²) >= 11 is 1.37. The third-order valence-corrected chi connectivity index (χ3v) is 10.3. The van der Waals surface area contributed by atoms with Crippen LogP contribution in [0.4, 0.5) is 15.5 Å². The first-order valence-electron chi connectivity index (χ1n) is 16.0. The number of ether oxygens (including phenoxy) is 2. The number of hydrogen-bond acceptors (Lipinski definition) is 11. The van der Waals surface area contributed by atoms with Crippen LogP contribution in [-0.2, 0) is 21.4 Å². The monoisotopic (exact) mass is 650 g/mol. The number of piperazine rings is 1. The second-order valence-corrected chi connectivity index (χ2v) is 14.9. The number of aryl methyl sites for hydroxylation is 1. The molecule has 0 aromatic carbocycles. The summed E-state index contributed by atoms with van der Waals surface area (Å²) in [6, 6.07) is 6.10. The topological polar surface area (TPSA) is 161 Å². The van der Waals surface area contributed by atoms with Crippen LogP contribution >= 0.6 is 11.3 Å². The molecule has 2 aromatic rings. The fourth-order valence-corrected chi connectivity index (χ4v) is 7.96. The molecule has 0 unspecified atom stereocenters. The van der Waals surface area contributed by atoms with E-state index in [4.69, 9.17) is 20.6 Å². The summed E-state index contributed by atoms with van der Waals surface area (Å²) in [6.45, 7) is 12.5. The van der Waals surface area contributed by atoms with Crippen molar-refractivity contribution in [1.82, 2.24) is 20.1 Å². The number of nitrogens with one attached hydrogen (secondary N) is 2. The molecule has 4 heterocycles. The molecule has 5 rings (SSSR count). The number of aromatic nitrogens is 1. The molecule has 2 amide bonds. The Kier molecular flexibility index (Phi) is 9.52. The molecule has 3 atom stereocenters. The Labute approximate surface area is 275 Å². The molecule has 2 aromatic heterocycles. The van der Waals surface area contributed by atoms with E-state index in [1.54, 1.807) is 11.0 Å². The summed E-state index contributed by atoms with van der Waals surface area (Å²) in [5, 5.41) is 22.0. The van der Waals surface area contributed by atoms with E-state index in [1.165, 1.54) is 11.3 Å². The number of nitrogens with two attached hydrogens (primary N) is 1. The molecular weight excluding hydrogens is 604 g/mol. The van der Waals surface area contributed by atoms with Gasteiger partial charge in [0, 0.05) is 54.4 Å². The molecule has 0 bridgehead atoms. The Morgan fingerprint density at radius 1 is 1.22 bits per heavy atom. The van der Waals surface area contributed by atoms with Gasteiger partial charge in [0.15, 0.2) is 5.84 Å². The first-order valence-corrected chi connectivity index (χ1v) is 16.9. The van der Waals surface area contributed by atoms with Gasteiger partial charge in [-0.2, -0.15) is 5.26 Å². The van der Waals surface area contributed by atoms with Gasteiger partial charge in [-0.1, -0.05) is 0 Å². The normalized spacial score (nSPS) is 22.5. The summed E-state index contributed by atoms with van der Waals surface area (Å²) in [5.74, 6) is -0.142. The van der Waals surface area contributed by atoms with E-state index >= 15 is 0 Å². The largest absolute Gasteiger partial charge is 0.473 e. The van der Waals surface area contributed by atoms with Crippen molar-refractivity contribution in [3.63, 3.8) is 0 Å². The van der Waals surface area contributed by atoms with Crippen molar-refractivity contribution in [2.75, 3.05) is 50.4 Å². The molecule has 46 heavy (non-hydrogen) atoms. The molecule has 0 saturated carbocycles. The van der Waals surface area contributed by atoms with E-state index in [1.807, 2.05) is 40.7 Å². The van der Waals surface area contributed by atoms with Crippen molar-refractivity contribution < 1.29 is 19.1 Å². The maximum absolute atomic E-state index is 13.9. The van der Waals surface area contributed by atoms with Crippen LogP contribution in [0.5, 0.6) is 5.88 Å². The lowest BCUT2D eigenvalue weighted by molar-refractivity contribution is -0.125. The van der Waals surface area contributed by atoms with Crippen LogP contribution in [0.3, 0.4) is 0 Å². The number of nitriles is 1. The number of fused-ring (bicyclic) bond motifs is 1. The van der Waals surface area contributed by atoms with Gasteiger partial charge < -0.3 is 30.3 Å². The maximum atomic E-state index is 13.9. The Balaban J connectivity index is 1.39. The standard InChI is InChI=1S/C33H46N8O4S/c1-20(24-9-8-12-39(24)6)44-26-18-21(40-13-15-41(16-14-40)31(43)45-32(2,3)4)17-23(37-26)28(35)38-30(42)33(5)11-7-10-25-27(33)22(19-34)29(36)46-25/h17-18,20,24H,7-16,36H2,1-6H3,(H2,35,38,42)/t20-,24-,33-/m0/s1. The predicted molar refractivity (Wildman–Crippen MR) is 179 cm³/mol. The number of carbonyl (C=O) groups excluding carboxylic acids is 2. The summed E-state index contributed by atoms with van der Waals surface area (Å²) in [5.41, 5.74) is 6.68. The number of amidine groups is 1. The Morgan fingerprint density at radius 2 is 1.93 bits per heavy atom. The number of likely N-dealkylation sites (N-methyl/N-ethyl adjacent to an activating group) is 1. The zero-order valence-corrected chi connectivity index (χ0v) is 28.6. The minimum absolute atomic E-state index is 0.135. The van der Waals surface area contributed by atoms with E-state index in [0.717, 1.165) is 42.8 Å². The van der Waals surface area contributed by atoms with Crippen LogP contribution in [0.25, 0.3) is 0 Å². The van der Waals surface area contributed by atoms with Crippen LogP contribution < -0.4 is 20.7 Å². The number of hydrogen-bond donors (Lipinski definition) is 3. The van der Waals surface area contributed by atoms with Crippen molar-refractivity contribution in [1.29, 1.82) is 10.7 Å². The molecule has 13 heteroatoms. The average molecular weight is 651 g/mol. The lowest BCUT2D eigenvalue weighted by Crippen LogP contribution is -2.50. The minimum Gasteiger partial charge on any atom is -0.473 e. The number of rotatable bonds is 6. The minimum atomic E-state index is -1.00. The van der Waals surface area contributed by atoms with Crippen molar-refractivity contribution in [2.45, 2.75) is 89.9 Å². The van der Waals surface area contributed by atoms with E-state index in [2.05, 4.69) is 33.2 Å². The highest BCUT2D eigenvalue weighted by molar-refractivity contribution is 7.16. The summed E-state index contributed by atoms with van der Waals surface area (Å²) in [4.78, 5) is 38.3. The highest BCUT2D eigenvalue weighted by atomic mass is 32.1. The zero-order valence-electron chi connectivity index (χ0n) is 27.7. The molecular formula is C33H46N8O4S. The fourth-order valence-electron chi connectivity index (χ4n) is 6.77. The third kappa shape index (κ3) is 6.93. The van der Waals surface area contributed by atoms with Crippen LogP contribution in [0.2, 0.25) is 0 Å². The summed E-state index contributed by atoms with van der Waals surface area (Å²) < 4.78 is 12.0. The number of carbonyl (C=O) groups is 2. The highest BCUT2D eigenvalue weighted by Crippen LogP contribution is 2.45. The van der Waals surface area contributed by atoms with Gasteiger partial charge >= 0.3 is 6.09 Å². The molecule has 1 aliphatic carbocycles. The van der Waals surface area contributed by atoms with Gasteiger partial charge in [-0.15, -0.1) is 11.3 Å². The van der Waals surface area contributed by atoms with Crippen molar-refractivity contribution in [2.24, 2.45) is 0 Å². The molecule has 0 spiro atoms. The number of anilines is 2. The quantitative estimate of drug-likeness (QED) is 0.307. The first kappa shape index (κ1) is 33.5. The number of nitrogen functional groups attached to an aromatic ring is 1. The summed E-state index contributed by atoms with van der Waals surface area (Å²) in [7, 11) is 2.10. The van der Waals surface area contributed by atoms with Gasteiger partial charge in [0.2, 0.25) is 11.8 Å². The Bertz CT molecular complexity index is 1540. The molecule has 3 aliphatic rings. The zero-order chi connectivity index (χ0) is 33.4. The number of likely N-dealkylation sites (tertiary alicyclic amines) is 1. The van der Waals surface area contributed by atoms with E-state index < -0.39 is 11.0 Å². The lowest BCUT2D eigenvalue weighted by atomic mass is 9.72. The smallest absolute Gasteiger partial charge is 0.410 e. The Morgan fingerprint density at radius 3 is 2.57 bits per heavy atom. The number of pyridine rings is 1. The molecule has 2 aliphatic heterocycles. The van der Waals surface area contributed by atoms with Gasteiger partial charge in [0.1, 0.15) is 28.5 Å². The Hall–Kier alpha value is -3.89. The van der Waals surface area contributed by atoms with Gasteiger partial charge in [-0.3, -0.25) is 15.1 Å². The van der Waals surface area contributed by atoms with Gasteiger partial charge in [-0.25, -0.2) is 9.78 Å². The molecule has 248 valence electrons. The number of nitrogens with zero attached hydrogens (tertiary/aromatic N) is 5. The van der Waals surface area contributed by atoms with Crippen LogP contribution in [0.1, 0.15) is 82.0 Å². The predicted octanol–water partition coefficient (Wildman–Crippen LogP) is 4.25. The fraction of sp³-hybridized carbons (Fsp3) is 0.606. The van der Waals surface area contributed by atoms with Crippen LogP contribution in [0.15, 0.2) is 12.1 Å². The molecule has 2 fully saturated rings. The maximum Gasteiger partial charge on any atom is 0.410 e. The second-order valence-electron chi connectivity index (χ2n) is 13.8. The number of thiophene rings is 1. The van der Waals surface area contributed by atoms with Crippen molar-refractivity contribution in [3.05, 3.63) is 33.8 Å². The van der Waals surface area contributed by atoms with Crippen LogP contribution in [0, 0.1) is 16.7 Å². The van der Waals surface area contributed by atoms with Gasteiger partial charge in [-0.05, 0) is 86.4 Å². The van der Waals surface area contributed by atoms with E-state index in [0.29, 0.717) is 54.6 Å². The number of amides is 2.